The van der Waals surface area contributed by atoms with Gasteiger partial charge in [-0.1, -0.05) is 11.6 Å². The summed E-state index contributed by atoms with van der Waals surface area (Å²) in [5.74, 6) is -1.19. The third-order valence-electron chi connectivity index (χ3n) is 1.88. The Labute approximate surface area is 95.0 Å². The summed E-state index contributed by atoms with van der Waals surface area (Å²) in [7, 11) is 0. The summed E-state index contributed by atoms with van der Waals surface area (Å²) in [4.78, 5) is 14.0. The summed E-state index contributed by atoms with van der Waals surface area (Å²) in [5.41, 5.74) is 4.98. The maximum atomic E-state index is 12.4. The molecule has 0 aromatic carbocycles. The molecule has 16 heavy (non-hydrogen) atoms. The normalized spacial score (nSPS) is 10.8. The van der Waals surface area contributed by atoms with Gasteiger partial charge in [0.15, 0.2) is 0 Å². The smallest absolute Gasteiger partial charge is 0.309 e. The highest BCUT2D eigenvalue weighted by Gasteiger charge is 2.17. The van der Waals surface area contributed by atoms with Crippen molar-refractivity contribution in [3.05, 3.63) is 28.0 Å². The lowest BCUT2D eigenvalue weighted by Crippen LogP contribution is -2.09. The predicted octanol–water partition coefficient (Wildman–Crippen LogP) is 1.76. The first-order valence-corrected chi connectivity index (χ1v) is 4.71. The van der Waals surface area contributed by atoms with Crippen molar-refractivity contribution < 1.29 is 18.7 Å². The fourth-order valence-corrected chi connectivity index (χ4v) is 1.43. The van der Waals surface area contributed by atoms with E-state index in [1.165, 1.54) is 0 Å². The third-order valence-corrected chi connectivity index (χ3v) is 2.34. The van der Waals surface area contributed by atoms with Gasteiger partial charge in [0.2, 0.25) is 0 Å². The van der Waals surface area contributed by atoms with E-state index in [0.717, 1.165) is 6.07 Å². The van der Waals surface area contributed by atoms with Gasteiger partial charge in [0.1, 0.15) is 5.69 Å². The summed E-state index contributed by atoms with van der Waals surface area (Å²) in [6, 6.07) is 1.08. The molecule has 1 heterocycles. The van der Waals surface area contributed by atoms with E-state index < -0.39 is 24.5 Å². The highest BCUT2D eigenvalue weighted by molar-refractivity contribution is 6.32. The number of halogens is 3. The molecule has 7 heteroatoms. The molecule has 0 radical (unpaired) electrons. The van der Waals surface area contributed by atoms with Crippen molar-refractivity contribution in [2.45, 2.75) is 19.4 Å². The lowest BCUT2D eigenvalue weighted by Gasteiger charge is -2.09. The number of aromatic nitrogens is 1. The summed E-state index contributed by atoms with van der Waals surface area (Å²) >= 11 is 5.78. The quantitative estimate of drug-likeness (QED) is 0.854. The minimum atomic E-state index is -2.78. The molecular formula is C9H9ClF2N2O2. The van der Waals surface area contributed by atoms with Crippen LogP contribution in [0.3, 0.4) is 0 Å². The lowest BCUT2D eigenvalue weighted by atomic mass is 10.1. The zero-order valence-corrected chi connectivity index (χ0v) is 8.84. The van der Waals surface area contributed by atoms with Crippen molar-refractivity contribution in [2.75, 3.05) is 0 Å². The van der Waals surface area contributed by atoms with E-state index in [-0.39, 0.29) is 22.8 Å². The van der Waals surface area contributed by atoms with Crippen LogP contribution in [0.15, 0.2) is 6.07 Å². The van der Waals surface area contributed by atoms with E-state index in [0.29, 0.717) is 0 Å². The number of aliphatic carboxylic acids is 1. The average Bonchev–Trinajstić information content (AvgIpc) is 2.20. The molecular weight excluding hydrogens is 242 g/mol. The summed E-state index contributed by atoms with van der Waals surface area (Å²) in [6.07, 6.45) is -3.29. The van der Waals surface area contributed by atoms with Crippen LogP contribution in [0.1, 0.15) is 23.4 Å². The Morgan fingerprint density at radius 3 is 2.69 bits per heavy atom. The van der Waals surface area contributed by atoms with Gasteiger partial charge in [-0.05, 0) is 11.6 Å². The molecule has 0 atom stereocenters. The standard InChI is InChI=1S/C9H9ClF2N2O2/c10-8-4(3-13)1-6(9(11)12)14-5(8)2-7(15)16/h1,9H,2-3,13H2,(H,15,16). The number of carboxylic acid groups (broad SMARTS) is 1. The number of rotatable bonds is 4. The Morgan fingerprint density at radius 1 is 1.62 bits per heavy atom. The highest BCUT2D eigenvalue weighted by Crippen LogP contribution is 2.25. The van der Waals surface area contributed by atoms with Gasteiger partial charge in [0, 0.05) is 6.54 Å². The number of hydrogen-bond acceptors (Lipinski definition) is 3. The number of pyridine rings is 1. The van der Waals surface area contributed by atoms with Gasteiger partial charge in [-0.3, -0.25) is 4.79 Å². The first kappa shape index (κ1) is 12.8. The second-order valence-electron chi connectivity index (χ2n) is 3.04. The lowest BCUT2D eigenvalue weighted by molar-refractivity contribution is -0.136. The van der Waals surface area contributed by atoms with Gasteiger partial charge in [0.05, 0.1) is 17.1 Å². The molecule has 0 aliphatic rings. The Balaban J connectivity index is 3.24. The zero-order valence-electron chi connectivity index (χ0n) is 8.08. The van der Waals surface area contributed by atoms with Gasteiger partial charge >= 0.3 is 5.97 Å². The van der Waals surface area contributed by atoms with Crippen molar-refractivity contribution >= 4 is 17.6 Å². The van der Waals surface area contributed by atoms with Crippen molar-refractivity contribution in [1.82, 2.24) is 4.98 Å². The Morgan fingerprint density at radius 2 is 2.25 bits per heavy atom. The molecule has 1 aromatic heterocycles. The molecule has 0 amide bonds. The van der Waals surface area contributed by atoms with Gasteiger partial charge in [-0.2, -0.15) is 0 Å². The summed E-state index contributed by atoms with van der Waals surface area (Å²) in [5, 5.41) is 8.60. The van der Waals surface area contributed by atoms with Gasteiger partial charge < -0.3 is 10.8 Å². The third kappa shape index (κ3) is 2.86. The summed E-state index contributed by atoms with van der Waals surface area (Å²) in [6.45, 7) is -0.0479. The molecule has 0 fully saturated rings. The Bertz CT molecular complexity index is 413. The van der Waals surface area contributed by atoms with Crippen LogP contribution in [-0.2, 0) is 17.8 Å². The maximum absolute atomic E-state index is 12.4. The van der Waals surface area contributed by atoms with E-state index in [9.17, 15) is 13.6 Å². The van der Waals surface area contributed by atoms with Gasteiger partial charge in [-0.15, -0.1) is 0 Å². The van der Waals surface area contributed by atoms with Crippen LogP contribution < -0.4 is 5.73 Å². The number of carboxylic acids is 1. The van der Waals surface area contributed by atoms with Crippen LogP contribution in [0.5, 0.6) is 0 Å². The van der Waals surface area contributed by atoms with Crippen LogP contribution in [0, 0.1) is 0 Å². The maximum Gasteiger partial charge on any atom is 0.309 e. The van der Waals surface area contributed by atoms with E-state index >= 15 is 0 Å². The summed E-state index contributed by atoms with van der Waals surface area (Å²) < 4.78 is 24.9. The largest absolute Gasteiger partial charge is 0.481 e. The molecule has 0 aliphatic heterocycles. The second kappa shape index (κ2) is 5.18. The van der Waals surface area contributed by atoms with Crippen molar-refractivity contribution in [2.24, 2.45) is 5.73 Å². The van der Waals surface area contributed by atoms with E-state index in [4.69, 9.17) is 22.4 Å². The molecule has 88 valence electrons. The number of nitrogens with zero attached hydrogens (tertiary/aromatic N) is 1. The molecule has 0 bridgehead atoms. The van der Waals surface area contributed by atoms with Crippen molar-refractivity contribution in [1.29, 1.82) is 0 Å². The van der Waals surface area contributed by atoms with E-state index in [1.54, 1.807) is 0 Å². The topological polar surface area (TPSA) is 76.2 Å². The van der Waals surface area contributed by atoms with E-state index in [1.807, 2.05) is 0 Å². The molecule has 0 saturated carbocycles. The van der Waals surface area contributed by atoms with Crippen LogP contribution in [-0.4, -0.2) is 16.1 Å². The average molecular weight is 251 g/mol. The molecule has 0 unspecified atom stereocenters. The number of carbonyl (C=O) groups is 1. The number of nitrogens with two attached hydrogens (primary N) is 1. The Kier molecular flexibility index (Phi) is 4.14. The molecule has 0 spiro atoms. The predicted molar refractivity (Wildman–Crippen MR) is 53.4 cm³/mol. The van der Waals surface area contributed by atoms with Gasteiger partial charge in [0.25, 0.3) is 6.43 Å². The molecule has 0 saturated heterocycles. The minimum absolute atomic E-state index is 0.0364. The van der Waals surface area contributed by atoms with Crippen LogP contribution >= 0.6 is 11.6 Å². The van der Waals surface area contributed by atoms with Crippen molar-refractivity contribution in [3.8, 4) is 0 Å². The first-order chi connectivity index (χ1) is 7.45. The van der Waals surface area contributed by atoms with Gasteiger partial charge in [-0.25, -0.2) is 13.8 Å². The highest BCUT2D eigenvalue weighted by atomic mass is 35.5. The second-order valence-corrected chi connectivity index (χ2v) is 3.42. The molecule has 0 aliphatic carbocycles. The fraction of sp³-hybridized carbons (Fsp3) is 0.333. The van der Waals surface area contributed by atoms with Crippen LogP contribution in [0.2, 0.25) is 5.02 Å². The molecule has 3 N–H and O–H groups in total. The molecule has 4 nitrogen and oxygen atoms in total. The van der Waals surface area contributed by atoms with Crippen LogP contribution in [0.25, 0.3) is 0 Å². The molecule has 1 rings (SSSR count). The monoisotopic (exact) mass is 250 g/mol. The van der Waals surface area contributed by atoms with Crippen LogP contribution in [0.4, 0.5) is 8.78 Å². The first-order valence-electron chi connectivity index (χ1n) is 4.34. The number of alkyl halides is 2. The molecule has 1 aromatic rings. The van der Waals surface area contributed by atoms with E-state index in [2.05, 4.69) is 4.98 Å². The Hall–Kier alpha value is -1.27. The minimum Gasteiger partial charge on any atom is -0.481 e. The number of hydrogen-bond donors (Lipinski definition) is 2. The fourth-order valence-electron chi connectivity index (χ4n) is 1.19. The van der Waals surface area contributed by atoms with Crippen molar-refractivity contribution in [3.63, 3.8) is 0 Å². The zero-order chi connectivity index (χ0) is 12.3. The SMILES string of the molecule is NCc1cc(C(F)F)nc(CC(=O)O)c1Cl.